The van der Waals surface area contributed by atoms with Crippen molar-refractivity contribution in [1.29, 1.82) is 0 Å². The second-order valence-electron chi connectivity index (χ2n) is 12.3. The van der Waals surface area contributed by atoms with Crippen LogP contribution in [-0.4, -0.2) is 62.1 Å². The number of carbonyl (C=O) groups is 1. The first kappa shape index (κ1) is 35.0. The van der Waals surface area contributed by atoms with Gasteiger partial charge in [-0.25, -0.2) is 4.79 Å². The number of hydrogen-bond acceptors (Lipinski definition) is 7. The summed E-state index contributed by atoms with van der Waals surface area (Å²) in [5.74, 6) is 1.57. The molecule has 2 N–H and O–H groups in total. The molecule has 0 aliphatic carbocycles. The zero-order valence-electron chi connectivity index (χ0n) is 28.1. The largest absolute Gasteiger partial charge is 0.497 e. The third-order valence-corrected chi connectivity index (χ3v) is 9.05. The Kier molecular flexibility index (Phi) is 12.9. The lowest BCUT2D eigenvalue weighted by Crippen LogP contribution is -2.50. The maximum Gasteiger partial charge on any atom is 0.407 e. The van der Waals surface area contributed by atoms with E-state index in [0.717, 1.165) is 66.0 Å². The normalized spacial score (nSPS) is 17.4. The van der Waals surface area contributed by atoms with Crippen LogP contribution in [0.25, 0.3) is 0 Å². The van der Waals surface area contributed by atoms with Crippen molar-refractivity contribution in [2.24, 2.45) is 0 Å². The molecule has 1 amide bonds. The number of likely N-dealkylation sites (tertiary alicyclic amines) is 1. The number of unbranched alkanes of at least 4 members (excludes halogenated alkanes) is 3. The summed E-state index contributed by atoms with van der Waals surface area (Å²) in [6.45, 7) is 2.62. The number of benzene rings is 4. The lowest BCUT2D eigenvalue weighted by atomic mass is 9.78. The molecule has 4 aromatic carbocycles. The summed E-state index contributed by atoms with van der Waals surface area (Å²) in [4.78, 5) is 14.5. The Labute approximate surface area is 284 Å². The smallest absolute Gasteiger partial charge is 0.407 e. The van der Waals surface area contributed by atoms with Crippen LogP contribution >= 0.6 is 0 Å². The molecule has 48 heavy (non-hydrogen) atoms. The van der Waals surface area contributed by atoms with E-state index < -0.39 is 17.8 Å². The Bertz CT molecular complexity index is 1520. The summed E-state index contributed by atoms with van der Waals surface area (Å²) >= 11 is 0. The van der Waals surface area contributed by atoms with Crippen LogP contribution in [0, 0.1) is 0 Å². The summed E-state index contributed by atoms with van der Waals surface area (Å²) < 4.78 is 23.3. The molecule has 1 aliphatic heterocycles. The average molecular weight is 653 g/mol. The van der Waals surface area contributed by atoms with Gasteiger partial charge in [-0.1, -0.05) is 97.8 Å². The molecule has 0 radical (unpaired) electrons. The van der Waals surface area contributed by atoms with E-state index >= 15 is 0 Å². The van der Waals surface area contributed by atoms with Crippen LogP contribution in [0.15, 0.2) is 109 Å². The maximum absolute atomic E-state index is 12.1. The number of hydrogen-bond donors (Lipinski definition) is 2. The Morgan fingerprint density at radius 2 is 1.33 bits per heavy atom. The van der Waals surface area contributed by atoms with Gasteiger partial charge in [0.1, 0.15) is 23.7 Å². The van der Waals surface area contributed by atoms with Gasteiger partial charge >= 0.3 is 6.09 Å². The number of rotatable bonds is 17. The molecule has 8 heteroatoms. The molecule has 8 nitrogen and oxygen atoms in total. The van der Waals surface area contributed by atoms with Crippen LogP contribution in [0.1, 0.15) is 54.4 Å². The highest BCUT2D eigenvalue weighted by Crippen LogP contribution is 2.45. The van der Waals surface area contributed by atoms with Gasteiger partial charge in [0.15, 0.2) is 0 Å². The fourth-order valence-electron chi connectivity index (χ4n) is 6.57. The van der Waals surface area contributed by atoms with Crippen molar-refractivity contribution in [3.05, 3.63) is 131 Å². The molecule has 0 spiro atoms. The van der Waals surface area contributed by atoms with Crippen molar-refractivity contribution in [2.45, 2.75) is 63.1 Å². The van der Waals surface area contributed by atoms with Gasteiger partial charge in [0.2, 0.25) is 0 Å². The first-order valence-electron chi connectivity index (χ1n) is 16.9. The van der Waals surface area contributed by atoms with Crippen molar-refractivity contribution in [1.82, 2.24) is 10.2 Å². The highest BCUT2D eigenvalue weighted by atomic mass is 16.5. The molecular weight excluding hydrogens is 604 g/mol. The van der Waals surface area contributed by atoms with Gasteiger partial charge in [-0.2, -0.15) is 0 Å². The Balaban J connectivity index is 1.26. The fourth-order valence-corrected chi connectivity index (χ4v) is 6.57. The Hall–Kier alpha value is -4.37. The summed E-state index contributed by atoms with van der Waals surface area (Å²) in [6, 6.07) is 36.0. The number of ether oxygens (including phenoxy) is 4. The van der Waals surface area contributed by atoms with E-state index in [0.29, 0.717) is 26.1 Å². The number of nitrogens with one attached hydrogen (secondary N) is 1. The first-order chi connectivity index (χ1) is 23.5. The number of nitrogens with zero attached hydrogens (tertiary/aromatic N) is 1. The minimum Gasteiger partial charge on any atom is -0.497 e. The highest BCUT2D eigenvalue weighted by Gasteiger charge is 2.50. The van der Waals surface area contributed by atoms with E-state index in [1.165, 1.54) is 0 Å². The van der Waals surface area contributed by atoms with E-state index in [1.54, 1.807) is 14.2 Å². The van der Waals surface area contributed by atoms with Crippen molar-refractivity contribution in [3.8, 4) is 11.5 Å². The predicted molar refractivity (Wildman–Crippen MR) is 187 cm³/mol. The van der Waals surface area contributed by atoms with E-state index in [2.05, 4.69) is 34.5 Å². The van der Waals surface area contributed by atoms with Gasteiger partial charge in [-0.3, -0.25) is 4.90 Å². The molecule has 1 saturated heterocycles. The van der Waals surface area contributed by atoms with E-state index in [4.69, 9.17) is 18.9 Å². The molecule has 254 valence electrons. The zero-order valence-corrected chi connectivity index (χ0v) is 28.1. The second-order valence-corrected chi connectivity index (χ2v) is 12.3. The monoisotopic (exact) mass is 652 g/mol. The van der Waals surface area contributed by atoms with Gasteiger partial charge in [-0.15, -0.1) is 0 Å². The minimum absolute atomic E-state index is 0.109. The van der Waals surface area contributed by atoms with Crippen LogP contribution in [0.3, 0.4) is 0 Å². The lowest BCUT2D eigenvalue weighted by Gasteiger charge is -2.44. The summed E-state index contributed by atoms with van der Waals surface area (Å²) in [6.07, 6.45) is 3.55. The predicted octanol–water partition coefficient (Wildman–Crippen LogP) is 7.09. The van der Waals surface area contributed by atoms with Gasteiger partial charge in [0.05, 0.1) is 26.9 Å². The number of β-amino-alcohol motifs (C(OH)–C–C–N with tert-alkyl or cyclic N) is 1. The molecule has 0 aromatic heterocycles. The number of alkyl carbamates (subject to hydrolysis) is 1. The molecule has 0 bridgehead atoms. The SMILES string of the molecule is COc1ccc(COC(c2ccccc2)(c2ccc(OC)cc2)C2CC(O)CN2CCCCCCNC(=O)OCc2ccccc2)cc1. The van der Waals surface area contributed by atoms with E-state index in [-0.39, 0.29) is 12.6 Å². The Morgan fingerprint density at radius 3 is 2.00 bits per heavy atom. The molecular formula is C40H48N2O6. The minimum atomic E-state index is -0.852. The number of amides is 1. The standard InChI is InChI=1S/C40H48N2O6/c1-45-36-21-17-32(18-22-36)30-48-40(33-15-9-6-10-16-33,34-19-23-37(46-2)24-20-34)38-27-35(43)28-42(38)26-12-4-3-11-25-41-39(44)47-29-31-13-7-5-8-14-31/h5-10,13-24,35,38,43H,3-4,11-12,25-30H2,1-2H3,(H,41,44). The van der Waals surface area contributed by atoms with Crippen molar-refractivity contribution in [3.63, 3.8) is 0 Å². The van der Waals surface area contributed by atoms with Crippen LogP contribution in [0.4, 0.5) is 4.79 Å². The zero-order chi connectivity index (χ0) is 33.6. The third-order valence-electron chi connectivity index (χ3n) is 9.05. The van der Waals surface area contributed by atoms with Crippen LogP contribution in [-0.2, 0) is 28.3 Å². The summed E-state index contributed by atoms with van der Waals surface area (Å²) in [5, 5.41) is 14.0. The molecule has 3 unspecified atom stereocenters. The fraction of sp³-hybridized carbons (Fsp3) is 0.375. The molecule has 1 aliphatic rings. The van der Waals surface area contributed by atoms with Crippen LogP contribution < -0.4 is 14.8 Å². The quantitative estimate of drug-likeness (QED) is 0.118. The highest BCUT2D eigenvalue weighted by molar-refractivity contribution is 5.67. The molecule has 0 saturated carbocycles. The number of aliphatic hydroxyl groups is 1. The molecule has 1 fully saturated rings. The summed E-state index contributed by atoms with van der Waals surface area (Å²) in [5.41, 5.74) is 3.20. The van der Waals surface area contributed by atoms with Gasteiger partial charge < -0.3 is 29.4 Å². The van der Waals surface area contributed by atoms with Gasteiger partial charge in [0, 0.05) is 19.1 Å². The van der Waals surface area contributed by atoms with Crippen molar-refractivity contribution < 1.29 is 28.8 Å². The topological polar surface area (TPSA) is 89.5 Å². The molecule has 1 heterocycles. The van der Waals surface area contributed by atoms with E-state index in [1.807, 2.05) is 84.9 Å². The van der Waals surface area contributed by atoms with Gasteiger partial charge in [0.25, 0.3) is 0 Å². The van der Waals surface area contributed by atoms with E-state index in [9.17, 15) is 9.90 Å². The van der Waals surface area contributed by atoms with Crippen LogP contribution in [0.5, 0.6) is 11.5 Å². The number of carbonyl (C=O) groups excluding carboxylic acids is 1. The third kappa shape index (κ3) is 9.16. The average Bonchev–Trinajstić information content (AvgIpc) is 3.52. The second kappa shape index (κ2) is 17.7. The lowest BCUT2D eigenvalue weighted by molar-refractivity contribution is -0.0811. The molecule has 4 aromatic rings. The first-order valence-corrected chi connectivity index (χ1v) is 16.9. The molecule has 3 atom stereocenters. The van der Waals surface area contributed by atoms with Crippen LogP contribution in [0.2, 0.25) is 0 Å². The van der Waals surface area contributed by atoms with Crippen molar-refractivity contribution >= 4 is 6.09 Å². The Morgan fingerprint density at radius 1 is 0.750 bits per heavy atom. The summed E-state index contributed by atoms with van der Waals surface area (Å²) in [7, 11) is 3.33. The maximum atomic E-state index is 12.1. The number of aliphatic hydroxyl groups excluding tert-OH is 1. The molecule has 5 rings (SSSR count). The van der Waals surface area contributed by atoms with Gasteiger partial charge in [-0.05, 0) is 72.3 Å². The van der Waals surface area contributed by atoms with Crippen molar-refractivity contribution in [2.75, 3.05) is 33.9 Å². The number of methoxy groups -OCH3 is 2.